The van der Waals surface area contributed by atoms with Crippen molar-refractivity contribution in [2.24, 2.45) is 10.9 Å². The zero-order chi connectivity index (χ0) is 11.2. The fraction of sp³-hybridized carbons (Fsp3) is 0.727. The summed E-state index contributed by atoms with van der Waals surface area (Å²) in [5.41, 5.74) is 0.840. The van der Waals surface area contributed by atoms with Crippen molar-refractivity contribution in [3.63, 3.8) is 0 Å². The van der Waals surface area contributed by atoms with Crippen LogP contribution in [0.4, 0.5) is 0 Å². The molecule has 1 aromatic rings. The Labute approximate surface area is 95.5 Å². The standard InChI is InChI=1S/C11H18N4O/c1-2-4-12-6-11-8-15(14-13-11)7-10-3-5-16-9-10/h6,8,10H,2-5,7,9H2,1H3. The first kappa shape index (κ1) is 11.3. The van der Waals surface area contributed by atoms with Gasteiger partial charge in [-0.25, -0.2) is 0 Å². The topological polar surface area (TPSA) is 52.3 Å². The van der Waals surface area contributed by atoms with Gasteiger partial charge in [0, 0.05) is 25.6 Å². The van der Waals surface area contributed by atoms with Crippen molar-refractivity contribution in [2.45, 2.75) is 26.3 Å². The molecule has 0 N–H and O–H groups in total. The third-order valence-corrected chi connectivity index (χ3v) is 2.60. The van der Waals surface area contributed by atoms with Gasteiger partial charge in [-0.2, -0.15) is 0 Å². The van der Waals surface area contributed by atoms with Gasteiger partial charge in [-0.05, 0) is 12.8 Å². The molecule has 1 atom stereocenters. The van der Waals surface area contributed by atoms with Crippen LogP contribution < -0.4 is 0 Å². The summed E-state index contributed by atoms with van der Waals surface area (Å²) in [4.78, 5) is 4.24. The van der Waals surface area contributed by atoms with Crippen LogP contribution in [-0.2, 0) is 11.3 Å². The molecule has 1 fully saturated rings. The SMILES string of the molecule is CCCN=Cc1cn(CC2CCOC2)nn1. The van der Waals surface area contributed by atoms with E-state index in [2.05, 4.69) is 22.2 Å². The third-order valence-electron chi connectivity index (χ3n) is 2.60. The molecular weight excluding hydrogens is 204 g/mol. The van der Waals surface area contributed by atoms with Gasteiger partial charge in [0.25, 0.3) is 0 Å². The van der Waals surface area contributed by atoms with Crippen molar-refractivity contribution < 1.29 is 4.74 Å². The quantitative estimate of drug-likeness (QED) is 0.702. The van der Waals surface area contributed by atoms with E-state index in [1.807, 2.05) is 10.9 Å². The Kier molecular flexibility index (Phi) is 4.04. The van der Waals surface area contributed by atoms with E-state index in [1.165, 1.54) is 0 Å². The lowest BCUT2D eigenvalue weighted by Gasteiger charge is -2.05. The Morgan fingerprint density at radius 2 is 2.62 bits per heavy atom. The van der Waals surface area contributed by atoms with Gasteiger partial charge in [0.2, 0.25) is 0 Å². The van der Waals surface area contributed by atoms with Crippen molar-refractivity contribution in [1.29, 1.82) is 0 Å². The normalized spacial score (nSPS) is 20.9. The lowest BCUT2D eigenvalue weighted by atomic mass is 10.1. The van der Waals surface area contributed by atoms with Crippen LogP contribution in [0.1, 0.15) is 25.5 Å². The second kappa shape index (κ2) is 5.75. The molecule has 0 bridgehead atoms. The summed E-state index contributed by atoms with van der Waals surface area (Å²) in [6, 6.07) is 0. The largest absolute Gasteiger partial charge is 0.381 e. The van der Waals surface area contributed by atoms with E-state index >= 15 is 0 Å². The molecule has 0 radical (unpaired) electrons. The minimum atomic E-state index is 0.585. The van der Waals surface area contributed by atoms with Crippen LogP contribution >= 0.6 is 0 Å². The number of hydrogen-bond donors (Lipinski definition) is 0. The second-order valence-electron chi connectivity index (χ2n) is 4.13. The number of rotatable bonds is 5. The Hall–Kier alpha value is -1.23. The smallest absolute Gasteiger partial charge is 0.123 e. The van der Waals surface area contributed by atoms with Crippen molar-refractivity contribution in [3.8, 4) is 0 Å². The first-order valence-electron chi connectivity index (χ1n) is 5.86. The fourth-order valence-electron chi connectivity index (χ4n) is 1.74. The molecule has 2 rings (SSSR count). The van der Waals surface area contributed by atoms with Crippen LogP contribution in [0.3, 0.4) is 0 Å². The van der Waals surface area contributed by atoms with Gasteiger partial charge >= 0.3 is 0 Å². The molecule has 88 valence electrons. The Morgan fingerprint density at radius 3 is 3.38 bits per heavy atom. The zero-order valence-electron chi connectivity index (χ0n) is 9.67. The van der Waals surface area contributed by atoms with Gasteiger partial charge in [0.1, 0.15) is 5.69 Å². The average Bonchev–Trinajstić information content (AvgIpc) is 2.91. The van der Waals surface area contributed by atoms with Crippen molar-refractivity contribution in [1.82, 2.24) is 15.0 Å². The second-order valence-corrected chi connectivity index (χ2v) is 4.13. The molecule has 0 amide bonds. The van der Waals surface area contributed by atoms with Gasteiger partial charge in [-0.15, -0.1) is 5.10 Å². The fourth-order valence-corrected chi connectivity index (χ4v) is 1.74. The molecule has 1 unspecified atom stereocenters. The maximum absolute atomic E-state index is 5.33. The molecule has 1 aromatic heterocycles. The maximum atomic E-state index is 5.33. The molecule has 0 aliphatic carbocycles. The summed E-state index contributed by atoms with van der Waals surface area (Å²) in [6.45, 7) is 5.58. The van der Waals surface area contributed by atoms with Crippen molar-refractivity contribution in [2.75, 3.05) is 19.8 Å². The molecule has 5 nitrogen and oxygen atoms in total. The van der Waals surface area contributed by atoms with E-state index in [0.29, 0.717) is 5.92 Å². The van der Waals surface area contributed by atoms with Gasteiger partial charge in [-0.3, -0.25) is 9.67 Å². The van der Waals surface area contributed by atoms with Gasteiger partial charge in [0.15, 0.2) is 0 Å². The highest BCUT2D eigenvalue weighted by Crippen LogP contribution is 2.13. The first-order valence-corrected chi connectivity index (χ1v) is 5.86. The van der Waals surface area contributed by atoms with Gasteiger partial charge < -0.3 is 4.74 Å². The van der Waals surface area contributed by atoms with Crippen LogP contribution in [0.5, 0.6) is 0 Å². The zero-order valence-corrected chi connectivity index (χ0v) is 9.67. The van der Waals surface area contributed by atoms with Gasteiger partial charge in [0.05, 0.1) is 19.0 Å². The predicted molar refractivity (Wildman–Crippen MR) is 61.7 cm³/mol. The highest BCUT2D eigenvalue weighted by atomic mass is 16.5. The van der Waals surface area contributed by atoms with Crippen LogP contribution in [0.15, 0.2) is 11.2 Å². The molecular formula is C11H18N4O. The number of aromatic nitrogens is 3. The summed E-state index contributed by atoms with van der Waals surface area (Å²) < 4.78 is 7.21. The summed E-state index contributed by atoms with van der Waals surface area (Å²) in [5.74, 6) is 0.585. The molecule has 1 aliphatic rings. The van der Waals surface area contributed by atoms with E-state index in [1.54, 1.807) is 6.21 Å². The number of nitrogens with zero attached hydrogens (tertiary/aromatic N) is 4. The van der Waals surface area contributed by atoms with Crippen molar-refractivity contribution >= 4 is 6.21 Å². The number of ether oxygens (including phenoxy) is 1. The summed E-state index contributed by atoms with van der Waals surface area (Å²) >= 11 is 0. The Balaban J connectivity index is 1.86. The van der Waals surface area contributed by atoms with E-state index in [-0.39, 0.29) is 0 Å². The number of aliphatic imine (C=N–C) groups is 1. The maximum Gasteiger partial charge on any atom is 0.123 e. The molecule has 0 aromatic carbocycles. The summed E-state index contributed by atoms with van der Waals surface area (Å²) in [5, 5.41) is 8.13. The first-order chi connectivity index (χ1) is 7.88. The van der Waals surface area contributed by atoms with E-state index in [4.69, 9.17) is 4.74 Å². The highest BCUT2D eigenvalue weighted by molar-refractivity contribution is 5.76. The minimum absolute atomic E-state index is 0.585. The number of hydrogen-bond acceptors (Lipinski definition) is 4. The van der Waals surface area contributed by atoms with E-state index < -0.39 is 0 Å². The molecule has 0 saturated carbocycles. The third kappa shape index (κ3) is 3.13. The Morgan fingerprint density at radius 1 is 1.69 bits per heavy atom. The van der Waals surface area contributed by atoms with Crippen molar-refractivity contribution in [3.05, 3.63) is 11.9 Å². The van der Waals surface area contributed by atoms with Crippen LogP contribution in [0.25, 0.3) is 0 Å². The Bertz CT molecular complexity index is 342. The van der Waals surface area contributed by atoms with E-state index in [9.17, 15) is 0 Å². The molecule has 2 heterocycles. The lowest BCUT2D eigenvalue weighted by Crippen LogP contribution is -2.11. The lowest BCUT2D eigenvalue weighted by molar-refractivity contribution is 0.181. The molecule has 1 aliphatic heterocycles. The molecule has 1 saturated heterocycles. The predicted octanol–water partition coefficient (Wildman–Crippen LogP) is 1.14. The van der Waals surface area contributed by atoms with Crippen LogP contribution in [0, 0.1) is 5.92 Å². The molecule has 0 spiro atoms. The summed E-state index contributed by atoms with van der Waals surface area (Å²) in [6.07, 6.45) is 5.92. The van der Waals surface area contributed by atoms with Gasteiger partial charge in [-0.1, -0.05) is 12.1 Å². The van der Waals surface area contributed by atoms with Crippen LogP contribution in [-0.4, -0.2) is 41.0 Å². The molecule has 16 heavy (non-hydrogen) atoms. The minimum Gasteiger partial charge on any atom is -0.381 e. The van der Waals surface area contributed by atoms with Crippen LogP contribution in [0.2, 0.25) is 0 Å². The van der Waals surface area contributed by atoms with E-state index in [0.717, 1.165) is 44.8 Å². The average molecular weight is 222 g/mol. The summed E-state index contributed by atoms with van der Waals surface area (Å²) in [7, 11) is 0. The monoisotopic (exact) mass is 222 g/mol. The molecule has 5 heteroatoms. The highest BCUT2D eigenvalue weighted by Gasteiger charge is 2.16.